The Balaban J connectivity index is 1.60. The van der Waals surface area contributed by atoms with Gasteiger partial charge in [0.2, 0.25) is 0 Å². The maximum Gasteiger partial charge on any atom is 0.331 e. The fourth-order valence-electron chi connectivity index (χ4n) is 2.75. The second kappa shape index (κ2) is 9.81. The molecule has 0 saturated heterocycles. The number of hydrogen-bond donors (Lipinski definition) is 0. The Kier molecular flexibility index (Phi) is 6.69. The lowest BCUT2D eigenvalue weighted by molar-refractivity contribution is -0.142. The van der Waals surface area contributed by atoms with Crippen molar-refractivity contribution in [3.63, 3.8) is 0 Å². The highest BCUT2D eigenvalue weighted by Crippen LogP contribution is 2.14. The Morgan fingerprint density at radius 1 is 1.03 bits per heavy atom. The van der Waals surface area contributed by atoms with E-state index in [9.17, 15) is 9.59 Å². The second-order valence-corrected chi connectivity index (χ2v) is 6.16. The van der Waals surface area contributed by atoms with Gasteiger partial charge in [0.25, 0.3) is 5.91 Å². The van der Waals surface area contributed by atoms with E-state index in [-0.39, 0.29) is 13.0 Å². The molecular weight excluding hydrogens is 366 g/mol. The van der Waals surface area contributed by atoms with Gasteiger partial charge in [-0.25, -0.2) is 9.78 Å². The number of anilines is 1. The number of para-hydroxylation sites is 2. The molecule has 1 heterocycles. The Labute approximate surface area is 168 Å². The molecule has 0 N–H and O–H groups in total. The maximum atomic E-state index is 12.5. The fourth-order valence-corrected chi connectivity index (χ4v) is 2.75. The molecule has 0 aliphatic carbocycles. The topological polar surface area (TPSA) is 83.3 Å². The average molecular weight is 385 g/mol. The van der Waals surface area contributed by atoms with Crippen LogP contribution >= 0.6 is 0 Å². The molecule has 0 atom stereocenters. The van der Waals surface area contributed by atoms with Crippen LogP contribution < -0.4 is 4.90 Å². The van der Waals surface area contributed by atoms with E-state index in [0.29, 0.717) is 11.4 Å². The van der Waals surface area contributed by atoms with Gasteiger partial charge >= 0.3 is 5.97 Å². The zero-order valence-electron chi connectivity index (χ0n) is 15.7. The first-order valence-corrected chi connectivity index (χ1v) is 9.10. The van der Waals surface area contributed by atoms with Crippen LogP contribution in [0, 0.1) is 11.3 Å². The van der Waals surface area contributed by atoms with Crippen LogP contribution in [0.2, 0.25) is 0 Å². The quantitative estimate of drug-likeness (QED) is 0.457. The molecule has 6 nitrogen and oxygen atoms in total. The third-order valence-corrected chi connectivity index (χ3v) is 4.16. The predicted molar refractivity (Wildman–Crippen MR) is 111 cm³/mol. The molecule has 0 bridgehead atoms. The summed E-state index contributed by atoms with van der Waals surface area (Å²) in [6, 6.07) is 22.4. The number of benzene rings is 2. The molecule has 0 aliphatic rings. The number of nitriles is 1. The highest BCUT2D eigenvalue weighted by Gasteiger charge is 2.16. The fraction of sp³-hybridized carbons (Fsp3) is 0.130. The molecular formula is C23H19N3O3. The molecule has 3 aromatic rings. The standard InChI is InChI=1S/C23H19N3O3/c24-15-6-16-26(20-8-2-1-3-9-20)22(27)17-29-23(28)14-13-19-12-11-18-7-4-5-10-21(18)25-19/h1-5,7-14H,6,16-17H2/b14-13+. The van der Waals surface area contributed by atoms with Gasteiger partial charge in [-0.3, -0.25) is 4.79 Å². The van der Waals surface area contributed by atoms with Gasteiger partial charge in [0.1, 0.15) is 0 Å². The summed E-state index contributed by atoms with van der Waals surface area (Å²) in [5.41, 5.74) is 2.10. The Morgan fingerprint density at radius 3 is 2.59 bits per heavy atom. The van der Waals surface area contributed by atoms with Crippen LogP contribution in [0.4, 0.5) is 5.69 Å². The monoisotopic (exact) mass is 385 g/mol. The number of fused-ring (bicyclic) bond motifs is 1. The summed E-state index contributed by atoms with van der Waals surface area (Å²) < 4.78 is 5.07. The van der Waals surface area contributed by atoms with Gasteiger partial charge < -0.3 is 9.64 Å². The van der Waals surface area contributed by atoms with Crippen molar-refractivity contribution in [2.45, 2.75) is 6.42 Å². The van der Waals surface area contributed by atoms with Gasteiger partial charge in [-0.2, -0.15) is 5.26 Å². The van der Waals surface area contributed by atoms with Crippen molar-refractivity contribution in [1.82, 2.24) is 4.98 Å². The van der Waals surface area contributed by atoms with E-state index >= 15 is 0 Å². The molecule has 0 unspecified atom stereocenters. The van der Waals surface area contributed by atoms with E-state index in [4.69, 9.17) is 10.00 Å². The van der Waals surface area contributed by atoms with E-state index in [1.165, 1.54) is 11.0 Å². The van der Waals surface area contributed by atoms with Gasteiger partial charge in [0.15, 0.2) is 6.61 Å². The van der Waals surface area contributed by atoms with E-state index < -0.39 is 18.5 Å². The first kappa shape index (κ1) is 19.8. The summed E-state index contributed by atoms with van der Waals surface area (Å²) in [6.07, 6.45) is 2.97. The minimum Gasteiger partial charge on any atom is -0.452 e. The van der Waals surface area contributed by atoms with Crippen LogP contribution in [0.5, 0.6) is 0 Å². The SMILES string of the molecule is N#CCCN(C(=O)COC(=O)/C=C/c1ccc2ccccc2n1)c1ccccc1. The van der Waals surface area contributed by atoms with Crippen LogP contribution in [0.25, 0.3) is 17.0 Å². The minimum absolute atomic E-state index is 0.183. The lowest BCUT2D eigenvalue weighted by Gasteiger charge is -2.21. The van der Waals surface area contributed by atoms with Crippen LogP contribution in [-0.2, 0) is 14.3 Å². The largest absolute Gasteiger partial charge is 0.452 e. The Hall–Kier alpha value is -3.98. The van der Waals surface area contributed by atoms with Crippen LogP contribution in [-0.4, -0.2) is 30.0 Å². The minimum atomic E-state index is -0.637. The molecule has 144 valence electrons. The van der Waals surface area contributed by atoms with Crippen LogP contribution in [0.1, 0.15) is 12.1 Å². The van der Waals surface area contributed by atoms with Crippen molar-refractivity contribution in [3.8, 4) is 6.07 Å². The molecule has 29 heavy (non-hydrogen) atoms. The Morgan fingerprint density at radius 2 is 1.79 bits per heavy atom. The van der Waals surface area contributed by atoms with Crippen LogP contribution in [0.15, 0.2) is 72.8 Å². The van der Waals surface area contributed by atoms with Crippen LogP contribution in [0.3, 0.4) is 0 Å². The molecule has 0 fully saturated rings. The molecule has 6 heteroatoms. The lowest BCUT2D eigenvalue weighted by Crippen LogP contribution is -2.35. The molecule has 1 aromatic heterocycles. The van der Waals surface area contributed by atoms with Crippen molar-refractivity contribution in [3.05, 3.63) is 78.5 Å². The smallest absolute Gasteiger partial charge is 0.331 e. The molecule has 0 radical (unpaired) electrons. The number of rotatable bonds is 7. The van der Waals surface area contributed by atoms with Crippen molar-refractivity contribution in [2.24, 2.45) is 0 Å². The van der Waals surface area contributed by atoms with E-state index in [1.54, 1.807) is 36.4 Å². The number of amides is 1. The first-order chi connectivity index (χ1) is 14.2. The summed E-state index contributed by atoms with van der Waals surface area (Å²) in [6.45, 7) is -0.178. The molecule has 0 saturated carbocycles. The third-order valence-electron chi connectivity index (χ3n) is 4.16. The zero-order chi connectivity index (χ0) is 20.5. The highest BCUT2D eigenvalue weighted by atomic mass is 16.5. The summed E-state index contributed by atoms with van der Waals surface area (Å²) >= 11 is 0. The van der Waals surface area contributed by atoms with E-state index in [2.05, 4.69) is 4.98 Å². The number of carbonyl (C=O) groups is 2. The summed E-state index contributed by atoms with van der Waals surface area (Å²) in [4.78, 5) is 30.4. The average Bonchev–Trinajstić information content (AvgIpc) is 2.77. The number of aromatic nitrogens is 1. The normalized spacial score (nSPS) is 10.6. The summed E-state index contributed by atoms with van der Waals surface area (Å²) in [5, 5.41) is 9.83. The number of ether oxygens (including phenoxy) is 1. The van der Waals surface area contributed by atoms with Crippen molar-refractivity contribution >= 4 is 34.5 Å². The number of nitrogens with zero attached hydrogens (tertiary/aromatic N) is 3. The highest BCUT2D eigenvalue weighted by molar-refractivity contribution is 5.96. The maximum absolute atomic E-state index is 12.5. The number of hydrogen-bond acceptors (Lipinski definition) is 5. The third kappa shape index (κ3) is 5.50. The van der Waals surface area contributed by atoms with Crippen molar-refractivity contribution in [1.29, 1.82) is 5.26 Å². The Bertz CT molecular complexity index is 1070. The molecule has 0 spiro atoms. The van der Waals surface area contributed by atoms with Gasteiger partial charge in [0.05, 0.1) is 23.7 Å². The summed E-state index contributed by atoms with van der Waals surface area (Å²) in [7, 11) is 0. The first-order valence-electron chi connectivity index (χ1n) is 9.10. The second-order valence-electron chi connectivity index (χ2n) is 6.16. The van der Waals surface area contributed by atoms with Gasteiger partial charge in [-0.15, -0.1) is 0 Å². The van der Waals surface area contributed by atoms with Gasteiger partial charge in [-0.1, -0.05) is 42.5 Å². The zero-order valence-corrected chi connectivity index (χ0v) is 15.7. The summed E-state index contributed by atoms with van der Waals surface area (Å²) in [5.74, 6) is -1.03. The predicted octanol–water partition coefficient (Wildman–Crippen LogP) is 3.74. The van der Waals surface area contributed by atoms with Crippen molar-refractivity contribution in [2.75, 3.05) is 18.1 Å². The lowest BCUT2D eigenvalue weighted by atomic mass is 10.2. The number of carbonyl (C=O) groups excluding carboxylic acids is 2. The number of esters is 1. The molecule has 0 aliphatic heterocycles. The number of pyridine rings is 1. The molecule has 2 aromatic carbocycles. The molecule has 1 amide bonds. The van der Waals surface area contributed by atoms with Gasteiger partial charge in [-0.05, 0) is 30.3 Å². The van der Waals surface area contributed by atoms with Gasteiger partial charge in [0, 0.05) is 23.7 Å². The molecule has 3 rings (SSSR count). The van der Waals surface area contributed by atoms with E-state index in [0.717, 1.165) is 10.9 Å². The van der Waals surface area contributed by atoms with Crippen molar-refractivity contribution < 1.29 is 14.3 Å². The van der Waals surface area contributed by atoms with E-state index in [1.807, 2.05) is 42.5 Å².